The van der Waals surface area contributed by atoms with Crippen LogP contribution in [0.1, 0.15) is 25.8 Å². The molecule has 1 heterocycles. The van der Waals surface area contributed by atoms with Gasteiger partial charge in [0.1, 0.15) is 5.75 Å². The molecule has 19 heavy (non-hydrogen) atoms. The summed E-state index contributed by atoms with van der Waals surface area (Å²) < 4.78 is 5.19. The van der Waals surface area contributed by atoms with E-state index in [9.17, 15) is 0 Å². The highest BCUT2D eigenvalue weighted by Crippen LogP contribution is 2.15. The summed E-state index contributed by atoms with van der Waals surface area (Å²) in [7, 11) is 1.71. The first-order valence-electron chi connectivity index (χ1n) is 7.29. The number of methoxy groups -OCH3 is 1. The van der Waals surface area contributed by atoms with Gasteiger partial charge in [-0.05, 0) is 44.4 Å². The summed E-state index contributed by atoms with van der Waals surface area (Å²) in [5, 5.41) is 3.50. The Balaban J connectivity index is 1.80. The van der Waals surface area contributed by atoms with Crippen LogP contribution in [0.4, 0.5) is 0 Å². The SMILES string of the molecule is COc1ccc(CCC(C)N2CCNC(C)C2)cc1. The van der Waals surface area contributed by atoms with E-state index < -0.39 is 0 Å². The van der Waals surface area contributed by atoms with Crippen molar-refractivity contribution in [3.05, 3.63) is 29.8 Å². The Kier molecular flexibility index (Phi) is 5.23. The van der Waals surface area contributed by atoms with Crippen molar-refractivity contribution in [1.82, 2.24) is 10.2 Å². The van der Waals surface area contributed by atoms with Gasteiger partial charge in [0.2, 0.25) is 0 Å². The minimum Gasteiger partial charge on any atom is -0.497 e. The fourth-order valence-corrected chi connectivity index (χ4v) is 2.71. The third-order valence-electron chi connectivity index (χ3n) is 4.03. The number of hydrogen-bond acceptors (Lipinski definition) is 3. The highest BCUT2D eigenvalue weighted by Gasteiger charge is 2.19. The molecular formula is C16H26N2O. The van der Waals surface area contributed by atoms with E-state index in [1.54, 1.807) is 7.11 Å². The molecule has 0 amide bonds. The second-order valence-electron chi connectivity index (χ2n) is 5.59. The van der Waals surface area contributed by atoms with Crippen molar-refractivity contribution in [2.75, 3.05) is 26.7 Å². The molecule has 1 aliphatic heterocycles. The predicted molar refractivity (Wildman–Crippen MR) is 79.8 cm³/mol. The van der Waals surface area contributed by atoms with Crippen LogP contribution in [0.15, 0.2) is 24.3 Å². The number of rotatable bonds is 5. The van der Waals surface area contributed by atoms with Crippen molar-refractivity contribution in [1.29, 1.82) is 0 Å². The Morgan fingerprint density at radius 1 is 1.37 bits per heavy atom. The van der Waals surface area contributed by atoms with E-state index in [1.807, 2.05) is 12.1 Å². The molecular weight excluding hydrogens is 236 g/mol. The Labute approximate surface area is 116 Å². The summed E-state index contributed by atoms with van der Waals surface area (Å²) >= 11 is 0. The molecule has 1 aromatic carbocycles. The quantitative estimate of drug-likeness (QED) is 0.881. The lowest BCUT2D eigenvalue weighted by atomic mass is 10.0. The number of benzene rings is 1. The van der Waals surface area contributed by atoms with Crippen molar-refractivity contribution in [2.45, 2.75) is 38.8 Å². The molecule has 2 rings (SSSR count). The molecule has 1 N–H and O–H groups in total. The molecule has 106 valence electrons. The van der Waals surface area contributed by atoms with E-state index in [4.69, 9.17) is 4.74 Å². The number of hydrogen-bond donors (Lipinski definition) is 1. The van der Waals surface area contributed by atoms with Crippen LogP contribution in [-0.4, -0.2) is 43.7 Å². The largest absolute Gasteiger partial charge is 0.497 e. The van der Waals surface area contributed by atoms with Crippen LogP contribution in [-0.2, 0) is 6.42 Å². The molecule has 2 unspecified atom stereocenters. The molecule has 0 radical (unpaired) electrons. The van der Waals surface area contributed by atoms with Gasteiger partial charge < -0.3 is 10.1 Å². The highest BCUT2D eigenvalue weighted by molar-refractivity contribution is 5.27. The van der Waals surface area contributed by atoms with Gasteiger partial charge in [0.25, 0.3) is 0 Å². The van der Waals surface area contributed by atoms with Crippen molar-refractivity contribution in [3.63, 3.8) is 0 Å². The maximum atomic E-state index is 5.19. The van der Waals surface area contributed by atoms with E-state index in [0.717, 1.165) is 18.7 Å². The van der Waals surface area contributed by atoms with Crippen LogP contribution < -0.4 is 10.1 Å². The molecule has 1 saturated heterocycles. The molecule has 2 atom stereocenters. The first-order chi connectivity index (χ1) is 9.19. The maximum absolute atomic E-state index is 5.19. The number of nitrogens with one attached hydrogen (secondary N) is 1. The Bertz CT molecular complexity index is 377. The third-order valence-corrected chi connectivity index (χ3v) is 4.03. The molecule has 1 aliphatic rings. The monoisotopic (exact) mass is 262 g/mol. The summed E-state index contributed by atoms with van der Waals surface area (Å²) in [6.07, 6.45) is 2.36. The van der Waals surface area contributed by atoms with Gasteiger partial charge in [-0.1, -0.05) is 12.1 Å². The molecule has 0 bridgehead atoms. The Morgan fingerprint density at radius 3 is 2.74 bits per heavy atom. The summed E-state index contributed by atoms with van der Waals surface area (Å²) in [4.78, 5) is 2.60. The topological polar surface area (TPSA) is 24.5 Å². The van der Waals surface area contributed by atoms with Crippen molar-refractivity contribution in [2.24, 2.45) is 0 Å². The first kappa shape index (κ1) is 14.4. The maximum Gasteiger partial charge on any atom is 0.118 e. The zero-order chi connectivity index (χ0) is 13.7. The molecule has 3 heteroatoms. The average molecular weight is 262 g/mol. The van der Waals surface area contributed by atoms with Crippen molar-refractivity contribution in [3.8, 4) is 5.75 Å². The van der Waals surface area contributed by atoms with E-state index in [-0.39, 0.29) is 0 Å². The summed E-state index contributed by atoms with van der Waals surface area (Å²) in [6, 6.07) is 9.72. The number of nitrogens with zero attached hydrogens (tertiary/aromatic N) is 1. The predicted octanol–water partition coefficient (Wildman–Crippen LogP) is 2.31. The smallest absolute Gasteiger partial charge is 0.118 e. The molecule has 0 saturated carbocycles. The standard InChI is InChI=1S/C16H26N2O/c1-13-12-18(11-10-17-13)14(2)4-5-15-6-8-16(19-3)9-7-15/h6-9,13-14,17H,4-5,10-12H2,1-3H3. The van der Waals surface area contributed by atoms with Gasteiger partial charge in [-0.15, -0.1) is 0 Å². The normalized spacial score (nSPS) is 22.2. The number of ether oxygens (including phenoxy) is 1. The molecule has 1 aromatic rings. The van der Waals surface area contributed by atoms with E-state index in [0.29, 0.717) is 12.1 Å². The fourth-order valence-electron chi connectivity index (χ4n) is 2.71. The summed E-state index contributed by atoms with van der Waals surface area (Å²) in [5.74, 6) is 0.938. The van der Waals surface area contributed by atoms with Gasteiger partial charge in [-0.25, -0.2) is 0 Å². The molecule has 0 aromatic heterocycles. The zero-order valence-corrected chi connectivity index (χ0v) is 12.4. The van der Waals surface area contributed by atoms with Crippen molar-refractivity contribution >= 4 is 0 Å². The Hall–Kier alpha value is -1.06. The zero-order valence-electron chi connectivity index (χ0n) is 12.4. The highest BCUT2D eigenvalue weighted by atomic mass is 16.5. The minimum atomic E-state index is 0.622. The number of piperazine rings is 1. The van der Waals surface area contributed by atoms with Gasteiger partial charge in [0, 0.05) is 31.7 Å². The van der Waals surface area contributed by atoms with Gasteiger partial charge in [-0.3, -0.25) is 4.90 Å². The lowest BCUT2D eigenvalue weighted by Gasteiger charge is -2.36. The van der Waals surface area contributed by atoms with Crippen LogP contribution in [0, 0.1) is 0 Å². The third kappa shape index (κ3) is 4.22. The fraction of sp³-hybridized carbons (Fsp3) is 0.625. The van der Waals surface area contributed by atoms with Crippen LogP contribution in [0.25, 0.3) is 0 Å². The minimum absolute atomic E-state index is 0.622. The lowest BCUT2D eigenvalue weighted by Crippen LogP contribution is -2.52. The van der Waals surface area contributed by atoms with E-state index >= 15 is 0 Å². The first-order valence-corrected chi connectivity index (χ1v) is 7.29. The van der Waals surface area contributed by atoms with Gasteiger partial charge >= 0.3 is 0 Å². The van der Waals surface area contributed by atoms with E-state index in [1.165, 1.54) is 25.1 Å². The Morgan fingerprint density at radius 2 is 2.11 bits per heavy atom. The van der Waals surface area contributed by atoms with E-state index in [2.05, 4.69) is 36.2 Å². The molecule has 1 fully saturated rings. The van der Waals surface area contributed by atoms with Gasteiger partial charge in [0.05, 0.1) is 7.11 Å². The van der Waals surface area contributed by atoms with Gasteiger partial charge in [0.15, 0.2) is 0 Å². The van der Waals surface area contributed by atoms with Crippen LogP contribution in [0.5, 0.6) is 5.75 Å². The second kappa shape index (κ2) is 6.92. The lowest BCUT2D eigenvalue weighted by molar-refractivity contribution is 0.152. The van der Waals surface area contributed by atoms with Crippen LogP contribution in [0.2, 0.25) is 0 Å². The van der Waals surface area contributed by atoms with Gasteiger partial charge in [-0.2, -0.15) is 0 Å². The van der Waals surface area contributed by atoms with Crippen LogP contribution in [0.3, 0.4) is 0 Å². The second-order valence-corrected chi connectivity index (χ2v) is 5.59. The van der Waals surface area contributed by atoms with Crippen LogP contribution >= 0.6 is 0 Å². The molecule has 3 nitrogen and oxygen atoms in total. The van der Waals surface area contributed by atoms with Crippen molar-refractivity contribution < 1.29 is 4.74 Å². The molecule has 0 spiro atoms. The average Bonchev–Trinajstić information content (AvgIpc) is 2.45. The molecule has 0 aliphatic carbocycles. The summed E-state index contributed by atoms with van der Waals surface area (Å²) in [6.45, 7) is 8.08. The summed E-state index contributed by atoms with van der Waals surface area (Å²) in [5.41, 5.74) is 1.40. The number of aryl methyl sites for hydroxylation is 1.